The van der Waals surface area contributed by atoms with Crippen LogP contribution in [0.2, 0.25) is 5.02 Å². The molecule has 2 N–H and O–H groups in total. The molecule has 0 fully saturated rings. The summed E-state index contributed by atoms with van der Waals surface area (Å²) in [5.41, 5.74) is 0.507. The lowest BCUT2D eigenvalue weighted by Gasteiger charge is -2.12. The van der Waals surface area contributed by atoms with Crippen molar-refractivity contribution in [3.63, 3.8) is 0 Å². The number of likely N-dealkylation sites (N-methyl/N-ethyl adjacent to an activating group) is 1. The number of nitrogens with one attached hydrogen (secondary N) is 2. The molecule has 0 saturated carbocycles. The number of amides is 2. The molecule has 130 valence electrons. The summed E-state index contributed by atoms with van der Waals surface area (Å²) in [4.78, 5) is 34.5. The molecule has 0 spiro atoms. The van der Waals surface area contributed by atoms with E-state index in [2.05, 4.69) is 10.6 Å². The molecule has 0 aliphatic heterocycles. The number of carbonyl (C=O) groups excluding carboxylic acids is 3. The summed E-state index contributed by atoms with van der Waals surface area (Å²) >= 11 is 5.62. The molecule has 0 heterocycles. The average molecular weight is 357 g/mol. The maximum atomic E-state index is 13.0. The van der Waals surface area contributed by atoms with Gasteiger partial charge in [-0.15, -0.1) is 0 Å². The largest absolute Gasteiger partial charge is 0.452 e. The van der Waals surface area contributed by atoms with E-state index in [0.717, 1.165) is 6.08 Å². The summed E-state index contributed by atoms with van der Waals surface area (Å²) in [6.07, 6.45) is 2.47. The third-order valence-corrected chi connectivity index (χ3v) is 3.11. The molecule has 0 aromatic heterocycles. The van der Waals surface area contributed by atoms with E-state index in [9.17, 15) is 18.8 Å². The minimum absolute atomic E-state index is 0.0655. The SMILES string of the molecule is CCNC(=O)[C@H](C)NC(=O)COC(=O)/C=C/c1ccc(F)c(Cl)c1. The molecule has 0 unspecified atom stereocenters. The second kappa shape index (κ2) is 9.67. The first-order chi connectivity index (χ1) is 11.3. The molecule has 1 rings (SSSR count). The first kappa shape index (κ1) is 19.6. The second-order valence-corrected chi connectivity index (χ2v) is 5.21. The molecule has 1 aromatic carbocycles. The van der Waals surface area contributed by atoms with E-state index in [-0.39, 0.29) is 10.9 Å². The zero-order chi connectivity index (χ0) is 18.1. The summed E-state index contributed by atoms with van der Waals surface area (Å²) in [5.74, 6) is -2.24. The van der Waals surface area contributed by atoms with Gasteiger partial charge in [-0.3, -0.25) is 9.59 Å². The number of ether oxygens (including phenoxy) is 1. The minimum Gasteiger partial charge on any atom is -0.452 e. The van der Waals surface area contributed by atoms with Crippen LogP contribution in [0.25, 0.3) is 6.08 Å². The van der Waals surface area contributed by atoms with Crippen molar-refractivity contribution >= 4 is 35.5 Å². The van der Waals surface area contributed by atoms with Gasteiger partial charge in [0.2, 0.25) is 5.91 Å². The minimum atomic E-state index is -0.753. The van der Waals surface area contributed by atoms with E-state index >= 15 is 0 Å². The van der Waals surface area contributed by atoms with Gasteiger partial charge in [-0.25, -0.2) is 9.18 Å². The number of rotatable bonds is 7. The predicted octanol–water partition coefficient (Wildman–Crippen LogP) is 1.68. The smallest absolute Gasteiger partial charge is 0.331 e. The van der Waals surface area contributed by atoms with Crippen molar-refractivity contribution in [2.24, 2.45) is 0 Å². The van der Waals surface area contributed by atoms with Crippen LogP contribution in [0.3, 0.4) is 0 Å². The summed E-state index contributed by atoms with van der Waals surface area (Å²) in [6.45, 7) is 3.21. The average Bonchev–Trinajstić information content (AvgIpc) is 2.54. The van der Waals surface area contributed by atoms with Gasteiger partial charge in [0.1, 0.15) is 11.9 Å². The molecule has 2 amide bonds. The Morgan fingerprint density at radius 2 is 2.08 bits per heavy atom. The van der Waals surface area contributed by atoms with Gasteiger partial charge in [0.25, 0.3) is 5.91 Å². The first-order valence-electron chi connectivity index (χ1n) is 7.20. The normalized spacial score (nSPS) is 11.8. The van der Waals surface area contributed by atoms with Crippen LogP contribution < -0.4 is 10.6 Å². The predicted molar refractivity (Wildman–Crippen MR) is 87.7 cm³/mol. The fourth-order valence-corrected chi connectivity index (χ4v) is 1.83. The third-order valence-electron chi connectivity index (χ3n) is 2.82. The molecular weight excluding hydrogens is 339 g/mol. The van der Waals surface area contributed by atoms with Crippen LogP contribution in [0.4, 0.5) is 4.39 Å². The fourth-order valence-electron chi connectivity index (χ4n) is 1.64. The Bertz CT molecular complexity index is 649. The highest BCUT2D eigenvalue weighted by atomic mass is 35.5. The summed E-state index contributed by atoms with van der Waals surface area (Å²) in [5, 5.41) is 4.88. The molecule has 8 heteroatoms. The topological polar surface area (TPSA) is 84.5 Å². The van der Waals surface area contributed by atoms with Crippen LogP contribution in [0, 0.1) is 5.82 Å². The van der Waals surface area contributed by atoms with Crippen LogP contribution in [-0.2, 0) is 19.1 Å². The molecule has 1 aromatic rings. The fraction of sp³-hybridized carbons (Fsp3) is 0.312. The first-order valence-corrected chi connectivity index (χ1v) is 7.58. The standard InChI is InChI=1S/C16H18ClFN2O4/c1-3-19-16(23)10(2)20-14(21)9-24-15(22)7-5-11-4-6-13(18)12(17)8-11/h4-8,10H,3,9H2,1-2H3,(H,19,23)(H,20,21)/b7-5+/t10-/m0/s1. The highest BCUT2D eigenvalue weighted by Crippen LogP contribution is 2.16. The Kier molecular flexibility index (Phi) is 7.91. The molecule has 0 saturated heterocycles. The quantitative estimate of drug-likeness (QED) is 0.575. The number of esters is 1. The summed E-state index contributed by atoms with van der Waals surface area (Å²) in [6, 6.07) is 3.23. The Hall–Kier alpha value is -2.41. The third kappa shape index (κ3) is 6.78. The maximum Gasteiger partial charge on any atom is 0.331 e. The van der Waals surface area contributed by atoms with Gasteiger partial charge in [-0.1, -0.05) is 17.7 Å². The van der Waals surface area contributed by atoms with Crippen molar-refractivity contribution < 1.29 is 23.5 Å². The molecule has 0 aliphatic rings. The van der Waals surface area contributed by atoms with Gasteiger partial charge in [0.15, 0.2) is 6.61 Å². The Balaban J connectivity index is 2.42. The van der Waals surface area contributed by atoms with Crippen molar-refractivity contribution in [1.82, 2.24) is 10.6 Å². The van der Waals surface area contributed by atoms with E-state index in [1.807, 2.05) is 0 Å². The molecular formula is C16H18ClFN2O4. The molecule has 0 bridgehead atoms. The van der Waals surface area contributed by atoms with Crippen molar-refractivity contribution in [2.75, 3.05) is 13.2 Å². The van der Waals surface area contributed by atoms with Crippen LogP contribution >= 0.6 is 11.6 Å². The number of hydrogen-bond acceptors (Lipinski definition) is 4. The zero-order valence-corrected chi connectivity index (χ0v) is 14.0. The second-order valence-electron chi connectivity index (χ2n) is 4.80. The monoisotopic (exact) mass is 356 g/mol. The zero-order valence-electron chi connectivity index (χ0n) is 13.3. The Morgan fingerprint density at radius 1 is 1.38 bits per heavy atom. The lowest BCUT2D eigenvalue weighted by atomic mass is 10.2. The van der Waals surface area contributed by atoms with Crippen molar-refractivity contribution in [1.29, 1.82) is 0 Å². The van der Waals surface area contributed by atoms with Crippen LogP contribution in [-0.4, -0.2) is 37.0 Å². The molecule has 1 atom stereocenters. The highest BCUT2D eigenvalue weighted by Gasteiger charge is 2.15. The van der Waals surface area contributed by atoms with E-state index in [4.69, 9.17) is 16.3 Å². The molecule has 0 radical (unpaired) electrons. The van der Waals surface area contributed by atoms with Crippen molar-refractivity contribution in [3.8, 4) is 0 Å². The van der Waals surface area contributed by atoms with Crippen molar-refractivity contribution in [2.45, 2.75) is 19.9 Å². The van der Waals surface area contributed by atoms with Gasteiger partial charge < -0.3 is 15.4 Å². The van der Waals surface area contributed by atoms with E-state index in [0.29, 0.717) is 12.1 Å². The molecule has 24 heavy (non-hydrogen) atoms. The van der Waals surface area contributed by atoms with E-state index < -0.39 is 30.3 Å². The number of carbonyl (C=O) groups is 3. The lowest BCUT2D eigenvalue weighted by molar-refractivity contribution is -0.144. The van der Waals surface area contributed by atoms with E-state index in [1.54, 1.807) is 6.92 Å². The van der Waals surface area contributed by atoms with Crippen molar-refractivity contribution in [3.05, 3.63) is 40.7 Å². The number of hydrogen-bond donors (Lipinski definition) is 2. The van der Waals surface area contributed by atoms with Gasteiger partial charge in [-0.2, -0.15) is 0 Å². The number of benzene rings is 1. The maximum absolute atomic E-state index is 13.0. The van der Waals surface area contributed by atoms with Gasteiger partial charge in [-0.05, 0) is 37.6 Å². The Morgan fingerprint density at radius 3 is 2.71 bits per heavy atom. The summed E-state index contributed by atoms with van der Waals surface area (Å²) in [7, 11) is 0. The Labute approximate surface area is 144 Å². The molecule has 0 aliphatic carbocycles. The van der Waals surface area contributed by atoms with Crippen LogP contribution in [0.15, 0.2) is 24.3 Å². The molecule has 6 nitrogen and oxygen atoms in total. The number of halogens is 2. The van der Waals surface area contributed by atoms with Gasteiger partial charge >= 0.3 is 5.97 Å². The highest BCUT2D eigenvalue weighted by molar-refractivity contribution is 6.30. The summed E-state index contributed by atoms with van der Waals surface area (Å²) < 4.78 is 17.7. The van der Waals surface area contributed by atoms with Gasteiger partial charge in [0, 0.05) is 12.6 Å². The van der Waals surface area contributed by atoms with Crippen LogP contribution in [0.5, 0.6) is 0 Å². The van der Waals surface area contributed by atoms with Crippen LogP contribution in [0.1, 0.15) is 19.4 Å². The van der Waals surface area contributed by atoms with E-state index in [1.165, 1.54) is 31.2 Å². The van der Waals surface area contributed by atoms with Gasteiger partial charge in [0.05, 0.1) is 5.02 Å². The lowest BCUT2D eigenvalue weighted by Crippen LogP contribution is -2.46.